The summed E-state index contributed by atoms with van der Waals surface area (Å²) in [4.78, 5) is 26.1. The predicted molar refractivity (Wildman–Crippen MR) is 98.0 cm³/mol. The topological polar surface area (TPSA) is 80.8 Å². The molecule has 2 rings (SSSR count). The highest BCUT2D eigenvalue weighted by atomic mass is 79.9. The van der Waals surface area contributed by atoms with Gasteiger partial charge in [0.25, 0.3) is 5.91 Å². The van der Waals surface area contributed by atoms with Crippen molar-refractivity contribution < 1.29 is 27.1 Å². The Morgan fingerprint density at radius 1 is 1.38 bits per heavy atom. The molecular formula is C17H21BrFNO5S. The van der Waals surface area contributed by atoms with Gasteiger partial charge in [0.05, 0.1) is 17.1 Å². The molecule has 0 radical (unpaired) electrons. The normalized spacial score (nSPS) is 18.7. The first-order valence-electron chi connectivity index (χ1n) is 8.21. The molecule has 1 fully saturated rings. The lowest BCUT2D eigenvalue weighted by Crippen LogP contribution is -2.45. The number of sulfone groups is 1. The Morgan fingerprint density at radius 2 is 2.08 bits per heavy atom. The lowest BCUT2D eigenvalue weighted by molar-refractivity contribution is -0.137. The number of halogens is 2. The maximum atomic E-state index is 13.1. The van der Waals surface area contributed by atoms with Crippen LogP contribution in [0.15, 0.2) is 22.7 Å². The number of carbonyl (C=O) groups excluding carboxylic acids is 2. The first-order valence-corrected chi connectivity index (χ1v) is 10.8. The van der Waals surface area contributed by atoms with Crippen LogP contribution in [0.1, 0.15) is 30.6 Å². The van der Waals surface area contributed by atoms with Gasteiger partial charge in [-0.2, -0.15) is 0 Å². The van der Waals surface area contributed by atoms with Crippen molar-refractivity contribution in [3.8, 4) is 0 Å². The average Bonchev–Trinajstić information content (AvgIpc) is 2.89. The SMILES string of the molecule is CC(C)CN(C(=O)COC(=O)c1ccc(F)cc1Br)C1CCS(=O)(=O)C1. The summed E-state index contributed by atoms with van der Waals surface area (Å²) in [6, 6.07) is 3.12. The van der Waals surface area contributed by atoms with Gasteiger partial charge in [0.1, 0.15) is 5.82 Å². The number of esters is 1. The van der Waals surface area contributed by atoms with Crippen LogP contribution in [-0.4, -0.2) is 55.9 Å². The van der Waals surface area contributed by atoms with Crippen molar-refractivity contribution in [1.82, 2.24) is 4.90 Å². The van der Waals surface area contributed by atoms with Gasteiger partial charge in [-0.15, -0.1) is 0 Å². The fourth-order valence-electron chi connectivity index (χ4n) is 2.81. The van der Waals surface area contributed by atoms with Gasteiger partial charge in [-0.05, 0) is 46.5 Å². The molecule has 0 saturated carbocycles. The lowest BCUT2D eigenvalue weighted by atomic mass is 10.1. The second-order valence-corrected chi connectivity index (χ2v) is 9.78. The summed E-state index contributed by atoms with van der Waals surface area (Å²) >= 11 is 3.08. The van der Waals surface area contributed by atoms with Crippen LogP contribution in [0, 0.1) is 11.7 Å². The number of rotatable bonds is 6. The third-order valence-corrected chi connectivity index (χ3v) is 6.42. The third-order valence-electron chi connectivity index (χ3n) is 4.01. The molecule has 144 valence electrons. The molecule has 0 bridgehead atoms. The van der Waals surface area contributed by atoms with Gasteiger partial charge >= 0.3 is 5.97 Å². The zero-order chi connectivity index (χ0) is 19.5. The number of nitrogens with zero attached hydrogens (tertiary/aromatic N) is 1. The van der Waals surface area contributed by atoms with Crippen molar-refractivity contribution >= 4 is 37.6 Å². The van der Waals surface area contributed by atoms with Gasteiger partial charge in [0, 0.05) is 17.1 Å². The number of hydrogen-bond donors (Lipinski definition) is 0. The maximum Gasteiger partial charge on any atom is 0.339 e. The number of amides is 1. The number of ether oxygens (including phenoxy) is 1. The van der Waals surface area contributed by atoms with E-state index in [0.29, 0.717) is 13.0 Å². The van der Waals surface area contributed by atoms with Gasteiger partial charge in [0.2, 0.25) is 0 Å². The minimum absolute atomic E-state index is 0.0574. The lowest BCUT2D eigenvalue weighted by Gasteiger charge is -2.29. The molecule has 1 unspecified atom stereocenters. The molecular weight excluding hydrogens is 429 g/mol. The third kappa shape index (κ3) is 5.51. The van der Waals surface area contributed by atoms with E-state index in [4.69, 9.17) is 4.74 Å². The molecule has 1 heterocycles. The predicted octanol–water partition coefficient (Wildman–Crippen LogP) is 2.42. The highest BCUT2D eigenvalue weighted by Crippen LogP contribution is 2.21. The summed E-state index contributed by atoms with van der Waals surface area (Å²) in [6.45, 7) is 3.74. The fourth-order valence-corrected chi connectivity index (χ4v) is 5.06. The van der Waals surface area contributed by atoms with E-state index in [-0.39, 0.29) is 27.5 Å². The van der Waals surface area contributed by atoms with E-state index >= 15 is 0 Å². The van der Waals surface area contributed by atoms with E-state index in [9.17, 15) is 22.4 Å². The second-order valence-electron chi connectivity index (χ2n) is 6.70. The van der Waals surface area contributed by atoms with Gasteiger partial charge in [-0.1, -0.05) is 13.8 Å². The van der Waals surface area contributed by atoms with E-state index < -0.39 is 40.2 Å². The van der Waals surface area contributed by atoms with Crippen LogP contribution >= 0.6 is 15.9 Å². The van der Waals surface area contributed by atoms with Gasteiger partial charge in [-0.3, -0.25) is 4.79 Å². The summed E-state index contributed by atoms with van der Waals surface area (Å²) < 4.78 is 41.8. The molecule has 0 N–H and O–H groups in total. The van der Waals surface area contributed by atoms with Crippen LogP contribution in [0.5, 0.6) is 0 Å². The van der Waals surface area contributed by atoms with Crippen LogP contribution in [0.2, 0.25) is 0 Å². The first kappa shape index (κ1) is 20.8. The number of carbonyl (C=O) groups is 2. The molecule has 1 aliphatic rings. The van der Waals surface area contributed by atoms with Gasteiger partial charge in [-0.25, -0.2) is 17.6 Å². The second kappa shape index (κ2) is 8.47. The highest BCUT2D eigenvalue weighted by Gasteiger charge is 2.35. The van der Waals surface area contributed by atoms with Gasteiger partial charge < -0.3 is 9.64 Å². The quantitative estimate of drug-likeness (QED) is 0.622. The standard InChI is InChI=1S/C17H21BrFNO5S/c1-11(2)8-20(13-5-6-26(23,24)10-13)16(21)9-25-17(22)14-4-3-12(19)7-15(14)18/h3-4,7,11,13H,5-6,8-10H2,1-2H3. The highest BCUT2D eigenvalue weighted by molar-refractivity contribution is 9.10. The summed E-state index contributed by atoms with van der Waals surface area (Å²) in [5.74, 6) is -1.56. The molecule has 1 amide bonds. The van der Waals surface area contributed by atoms with E-state index in [1.54, 1.807) is 0 Å². The molecule has 1 atom stereocenters. The fraction of sp³-hybridized carbons (Fsp3) is 0.529. The largest absolute Gasteiger partial charge is 0.452 e. The Kier molecular flexibility index (Phi) is 6.79. The van der Waals surface area contributed by atoms with Crippen molar-refractivity contribution in [2.75, 3.05) is 24.7 Å². The smallest absolute Gasteiger partial charge is 0.339 e. The first-order chi connectivity index (χ1) is 12.1. The summed E-state index contributed by atoms with van der Waals surface area (Å²) in [5, 5.41) is 0. The van der Waals surface area contributed by atoms with Crippen molar-refractivity contribution in [3.63, 3.8) is 0 Å². The van der Waals surface area contributed by atoms with Crippen LogP contribution in [0.4, 0.5) is 4.39 Å². The van der Waals surface area contributed by atoms with Crippen molar-refractivity contribution in [3.05, 3.63) is 34.1 Å². The zero-order valence-electron chi connectivity index (χ0n) is 14.6. The molecule has 0 spiro atoms. The summed E-state index contributed by atoms with van der Waals surface area (Å²) in [5.41, 5.74) is 0.109. The summed E-state index contributed by atoms with van der Waals surface area (Å²) in [7, 11) is -3.14. The van der Waals surface area contributed by atoms with Crippen molar-refractivity contribution in [2.45, 2.75) is 26.3 Å². The average molecular weight is 450 g/mol. The molecule has 6 nitrogen and oxygen atoms in total. The number of benzene rings is 1. The van der Waals surface area contributed by atoms with E-state index in [0.717, 1.165) is 12.1 Å². The van der Waals surface area contributed by atoms with E-state index in [1.165, 1.54) is 11.0 Å². The van der Waals surface area contributed by atoms with E-state index in [1.807, 2.05) is 13.8 Å². The molecule has 0 aromatic heterocycles. The molecule has 1 aliphatic heterocycles. The zero-order valence-corrected chi connectivity index (χ0v) is 17.0. The van der Waals surface area contributed by atoms with E-state index in [2.05, 4.69) is 15.9 Å². The Bertz CT molecular complexity index is 796. The minimum atomic E-state index is -3.14. The molecule has 0 aliphatic carbocycles. The molecule has 1 aromatic carbocycles. The summed E-state index contributed by atoms with van der Waals surface area (Å²) in [6.07, 6.45) is 0.387. The van der Waals surface area contributed by atoms with Crippen LogP contribution < -0.4 is 0 Å². The Morgan fingerprint density at radius 3 is 2.62 bits per heavy atom. The Hall–Kier alpha value is -1.48. The van der Waals surface area contributed by atoms with Crippen LogP contribution in [0.25, 0.3) is 0 Å². The molecule has 26 heavy (non-hydrogen) atoms. The van der Waals surface area contributed by atoms with Crippen LogP contribution in [0.3, 0.4) is 0 Å². The van der Waals surface area contributed by atoms with Gasteiger partial charge in [0.15, 0.2) is 16.4 Å². The molecule has 1 saturated heterocycles. The Balaban J connectivity index is 2.03. The molecule has 9 heteroatoms. The number of hydrogen-bond acceptors (Lipinski definition) is 5. The Labute approximate surface area is 160 Å². The monoisotopic (exact) mass is 449 g/mol. The van der Waals surface area contributed by atoms with Crippen LogP contribution in [-0.2, 0) is 19.4 Å². The minimum Gasteiger partial charge on any atom is -0.452 e. The molecule has 1 aromatic rings. The van der Waals surface area contributed by atoms with Crippen molar-refractivity contribution in [1.29, 1.82) is 0 Å². The maximum absolute atomic E-state index is 13.1. The van der Waals surface area contributed by atoms with Crippen molar-refractivity contribution in [2.24, 2.45) is 5.92 Å².